The average molecular weight is 295 g/mol. The molecular weight excluding hydrogens is 280 g/mol. The molecule has 1 N–H and O–H groups in total. The van der Waals surface area contributed by atoms with Crippen molar-refractivity contribution in [1.29, 1.82) is 0 Å². The number of rotatable bonds is 4. The number of H-pyrrole nitrogens is 1. The number of aryl methyl sites for hydroxylation is 1. The molecule has 0 fully saturated rings. The summed E-state index contributed by atoms with van der Waals surface area (Å²) in [6.45, 7) is 6.95. The summed E-state index contributed by atoms with van der Waals surface area (Å²) < 4.78 is 27.8. The number of aromatic amines is 1. The first-order valence-corrected chi connectivity index (χ1v) is 7.66. The van der Waals surface area contributed by atoms with Gasteiger partial charge in [-0.15, -0.1) is 0 Å². The van der Waals surface area contributed by atoms with Gasteiger partial charge in [-0.05, 0) is 19.8 Å². The number of nitrogens with one attached hydrogen (secondary N) is 1. The zero-order chi connectivity index (χ0) is 14.1. The van der Waals surface area contributed by atoms with Crippen LogP contribution in [0.3, 0.4) is 0 Å². The van der Waals surface area contributed by atoms with E-state index in [1.54, 1.807) is 6.92 Å². The number of carbonyl (C=O) groups is 1. The van der Waals surface area contributed by atoms with Crippen LogP contribution in [0.25, 0.3) is 0 Å². The molecule has 0 aromatic carbocycles. The molecule has 1 aromatic rings. The molecule has 1 heterocycles. The van der Waals surface area contributed by atoms with Crippen LogP contribution in [0.5, 0.6) is 0 Å². The van der Waals surface area contributed by atoms with Crippen molar-refractivity contribution >= 4 is 25.7 Å². The summed E-state index contributed by atoms with van der Waals surface area (Å²) >= 11 is 0. The summed E-state index contributed by atoms with van der Waals surface area (Å²) in [5.74, 6) is -0.690. The Kier molecular flexibility index (Phi) is 4.39. The Morgan fingerprint density at radius 2 is 1.94 bits per heavy atom. The van der Waals surface area contributed by atoms with Gasteiger partial charge in [-0.25, -0.2) is 13.2 Å². The number of aromatic nitrogens is 2. The largest absolute Gasteiger partial charge is 0.458 e. The number of hydrogen-bond donors (Lipinski definition) is 1. The van der Waals surface area contributed by atoms with Crippen molar-refractivity contribution in [3.63, 3.8) is 0 Å². The highest BCUT2D eigenvalue weighted by molar-refractivity contribution is 8.13. The summed E-state index contributed by atoms with van der Waals surface area (Å²) in [4.78, 5) is 11.5. The van der Waals surface area contributed by atoms with Gasteiger partial charge >= 0.3 is 5.97 Å². The highest BCUT2D eigenvalue weighted by atomic mass is 35.7. The molecule has 0 spiro atoms. The van der Waals surface area contributed by atoms with Gasteiger partial charge in [0.25, 0.3) is 9.05 Å². The minimum atomic E-state index is -4.04. The lowest BCUT2D eigenvalue weighted by molar-refractivity contribution is 0.0227. The second-order valence-corrected chi connectivity index (χ2v) is 6.82. The molecule has 8 heteroatoms. The number of hydrogen-bond acceptors (Lipinski definition) is 5. The van der Waals surface area contributed by atoms with Crippen LogP contribution in [0.1, 0.15) is 37.0 Å². The van der Waals surface area contributed by atoms with Gasteiger partial charge in [-0.1, -0.05) is 13.8 Å². The van der Waals surface area contributed by atoms with Gasteiger partial charge in [0.2, 0.25) is 0 Å². The Bertz CT molecular complexity index is 550. The van der Waals surface area contributed by atoms with E-state index in [9.17, 15) is 13.2 Å². The van der Waals surface area contributed by atoms with E-state index < -0.39 is 15.0 Å². The fourth-order valence-electron chi connectivity index (χ4n) is 1.22. The highest BCUT2D eigenvalue weighted by Crippen LogP contribution is 2.23. The summed E-state index contributed by atoms with van der Waals surface area (Å²) in [7, 11) is 1.21. The Morgan fingerprint density at radius 3 is 2.39 bits per heavy atom. The lowest BCUT2D eigenvalue weighted by atomic mass is 10.1. The maximum absolute atomic E-state index is 11.8. The Hall–Kier alpha value is -1.08. The van der Waals surface area contributed by atoms with Crippen LogP contribution in [0.4, 0.5) is 0 Å². The lowest BCUT2D eigenvalue weighted by Gasteiger charge is -2.15. The van der Waals surface area contributed by atoms with Crippen LogP contribution < -0.4 is 0 Å². The van der Waals surface area contributed by atoms with Crippen molar-refractivity contribution < 1.29 is 17.9 Å². The van der Waals surface area contributed by atoms with Gasteiger partial charge in [0, 0.05) is 10.7 Å². The molecule has 18 heavy (non-hydrogen) atoms. The van der Waals surface area contributed by atoms with Gasteiger partial charge in [0.05, 0.1) is 5.69 Å². The summed E-state index contributed by atoms with van der Waals surface area (Å²) in [5, 5.41) is 6.04. The van der Waals surface area contributed by atoms with Crippen LogP contribution in [-0.4, -0.2) is 30.7 Å². The molecule has 1 unspecified atom stereocenters. The zero-order valence-corrected chi connectivity index (χ0v) is 12.1. The van der Waals surface area contributed by atoms with Crippen LogP contribution in [0, 0.1) is 12.8 Å². The van der Waals surface area contributed by atoms with Crippen molar-refractivity contribution in [2.24, 2.45) is 5.92 Å². The van der Waals surface area contributed by atoms with Crippen LogP contribution in [0.2, 0.25) is 0 Å². The molecule has 0 saturated heterocycles. The van der Waals surface area contributed by atoms with E-state index in [1.165, 1.54) is 6.92 Å². The third-order valence-electron chi connectivity index (χ3n) is 2.56. The minimum Gasteiger partial charge on any atom is -0.458 e. The second-order valence-electron chi connectivity index (χ2n) is 4.32. The summed E-state index contributed by atoms with van der Waals surface area (Å²) in [6.07, 6.45) is -0.347. The third kappa shape index (κ3) is 3.23. The Morgan fingerprint density at radius 1 is 1.39 bits per heavy atom. The SMILES string of the molecule is Cc1[nH]nc(C(=O)OC(C)C(C)C)c1S(=O)(=O)Cl. The molecular formula is C10H15ClN2O4S. The van der Waals surface area contributed by atoms with Crippen LogP contribution in [-0.2, 0) is 13.8 Å². The van der Waals surface area contributed by atoms with E-state index in [0.29, 0.717) is 0 Å². The maximum atomic E-state index is 11.8. The van der Waals surface area contributed by atoms with Crippen LogP contribution in [0.15, 0.2) is 4.90 Å². The van der Waals surface area contributed by atoms with Crippen molar-refractivity contribution in [2.45, 2.75) is 38.7 Å². The van der Waals surface area contributed by atoms with Crippen molar-refractivity contribution in [2.75, 3.05) is 0 Å². The van der Waals surface area contributed by atoms with Crippen molar-refractivity contribution in [3.8, 4) is 0 Å². The standard InChI is InChI=1S/C10H15ClN2O4S/c1-5(2)7(4)17-10(14)8-9(18(11,15)16)6(3)12-13-8/h5,7H,1-4H3,(H,12,13). The first kappa shape index (κ1) is 15.0. The quantitative estimate of drug-likeness (QED) is 0.676. The number of ether oxygens (including phenoxy) is 1. The maximum Gasteiger partial charge on any atom is 0.360 e. The van der Waals surface area contributed by atoms with E-state index in [0.717, 1.165) is 0 Å². The molecule has 1 atom stereocenters. The van der Waals surface area contributed by atoms with Crippen LogP contribution >= 0.6 is 10.7 Å². The molecule has 1 rings (SSSR count). The predicted molar refractivity (Wildman–Crippen MR) is 66.1 cm³/mol. The normalized spacial score (nSPS) is 13.7. The van der Waals surface area contributed by atoms with Crippen molar-refractivity contribution in [3.05, 3.63) is 11.4 Å². The van der Waals surface area contributed by atoms with E-state index >= 15 is 0 Å². The van der Waals surface area contributed by atoms with Crippen molar-refractivity contribution in [1.82, 2.24) is 10.2 Å². The molecule has 0 bridgehead atoms. The fourth-order valence-corrected chi connectivity index (χ4v) is 2.55. The highest BCUT2D eigenvalue weighted by Gasteiger charge is 2.29. The number of esters is 1. The second kappa shape index (κ2) is 5.27. The first-order chi connectivity index (χ1) is 8.14. The smallest absolute Gasteiger partial charge is 0.360 e. The molecule has 1 aromatic heterocycles. The molecule has 0 amide bonds. The molecule has 0 saturated carbocycles. The summed E-state index contributed by atoms with van der Waals surface area (Å²) in [5.41, 5.74) is -0.107. The summed E-state index contributed by atoms with van der Waals surface area (Å²) in [6, 6.07) is 0. The van der Waals surface area contributed by atoms with E-state index in [-0.39, 0.29) is 28.3 Å². The van der Waals surface area contributed by atoms with Gasteiger partial charge in [0.15, 0.2) is 5.69 Å². The molecule has 6 nitrogen and oxygen atoms in total. The third-order valence-corrected chi connectivity index (χ3v) is 4.01. The molecule has 0 aliphatic carbocycles. The molecule has 0 aliphatic heterocycles. The van der Waals surface area contributed by atoms with Gasteiger partial charge in [-0.3, -0.25) is 5.10 Å². The lowest BCUT2D eigenvalue weighted by Crippen LogP contribution is -2.21. The zero-order valence-electron chi connectivity index (χ0n) is 10.5. The first-order valence-electron chi connectivity index (χ1n) is 5.35. The average Bonchev–Trinajstić information content (AvgIpc) is 2.59. The Balaban J connectivity index is 3.09. The molecule has 0 aliphatic rings. The van der Waals surface area contributed by atoms with E-state index in [4.69, 9.17) is 15.4 Å². The topological polar surface area (TPSA) is 89.1 Å². The number of nitrogens with zero attached hydrogens (tertiary/aromatic N) is 1. The minimum absolute atomic E-state index is 0.116. The van der Waals surface area contributed by atoms with Gasteiger partial charge in [-0.2, -0.15) is 5.10 Å². The Labute approximate surface area is 110 Å². The van der Waals surface area contributed by atoms with Gasteiger partial charge < -0.3 is 4.74 Å². The van der Waals surface area contributed by atoms with Gasteiger partial charge in [0.1, 0.15) is 11.0 Å². The molecule has 102 valence electrons. The number of halogens is 1. The monoisotopic (exact) mass is 294 g/mol. The fraction of sp³-hybridized carbons (Fsp3) is 0.600. The van der Waals surface area contributed by atoms with E-state index in [1.807, 2.05) is 13.8 Å². The predicted octanol–water partition coefficient (Wildman–Crippen LogP) is 1.85. The van der Waals surface area contributed by atoms with E-state index in [2.05, 4.69) is 10.2 Å². The molecule has 0 radical (unpaired) electrons. The number of carbonyl (C=O) groups excluding carboxylic acids is 1.